The summed E-state index contributed by atoms with van der Waals surface area (Å²) < 4.78 is 9.98. The summed E-state index contributed by atoms with van der Waals surface area (Å²) in [4.78, 5) is 11.1. The highest BCUT2D eigenvalue weighted by Crippen LogP contribution is 2.34. The van der Waals surface area contributed by atoms with Crippen LogP contribution >= 0.6 is 0 Å². The number of esters is 1. The standard InChI is InChI=1S/C12H14O4/c1-15-11(14)7-10(13)9-4-2-3-8-5-6-16-12(8)9/h2-4,10,13H,5-7H2,1H3/t10-/m1/s1. The molecular weight excluding hydrogens is 208 g/mol. The van der Waals surface area contributed by atoms with Gasteiger partial charge in [-0.25, -0.2) is 0 Å². The van der Waals surface area contributed by atoms with E-state index in [0.29, 0.717) is 12.2 Å². The monoisotopic (exact) mass is 222 g/mol. The van der Waals surface area contributed by atoms with Crippen LogP contribution in [0.1, 0.15) is 23.7 Å². The minimum absolute atomic E-state index is 0.0453. The van der Waals surface area contributed by atoms with Crippen molar-refractivity contribution >= 4 is 5.97 Å². The van der Waals surface area contributed by atoms with Crippen molar-refractivity contribution in [1.82, 2.24) is 0 Å². The average molecular weight is 222 g/mol. The van der Waals surface area contributed by atoms with Gasteiger partial charge >= 0.3 is 5.97 Å². The Kier molecular flexibility index (Phi) is 3.10. The van der Waals surface area contributed by atoms with Gasteiger partial charge in [-0.3, -0.25) is 4.79 Å². The van der Waals surface area contributed by atoms with Gasteiger partial charge in [0.25, 0.3) is 0 Å². The van der Waals surface area contributed by atoms with E-state index in [1.54, 1.807) is 6.07 Å². The first-order chi connectivity index (χ1) is 7.72. The second kappa shape index (κ2) is 4.53. The maximum Gasteiger partial charge on any atom is 0.308 e. The fourth-order valence-electron chi connectivity index (χ4n) is 1.85. The van der Waals surface area contributed by atoms with Crippen LogP contribution in [-0.2, 0) is 16.0 Å². The second-order valence-corrected chi connectivity index (χ2v) is 3.73. The van der Waals surface area contributed by atoms with Crippen LogP contribution in [0.4, 0.5) is 0 Å². The highest BCUT2D eigenvalue weighted by molar-refractivity contribution is 5.70. The van der Waals surface area contributed by atoms with Gasteiger partial charge < -0.3 is 14.6 Å². The predicted octanol–water partition coefficient (Wildman–Crippen LogP) is 1.22. The van der Waals surface area contributed by atoms with Crippen LogP contribution in [0.25, 0.3) is 0 Å². The number of carbonyl (C=O) groups is 1. The first-order valence-corrected chi connectivity index (χ1v) is 5.22. The quantitative estimate of drug-likeness (QED) is 0.781. The molecule has 1 aliphatic rings. The summed E-state index contributed by atoms with van der Waals surface area (Å²) in [6.45, 7) is 0.636. The third-order valence-electron chi connectivity index (χ3n) is 2.69. The lowest BCUT2D eigenvalue weighted by molar-refractivity contribution is -0.142. The molecule has 1 atom stereocenters. The number of aliphatic hydroxyl groups excluding tert-OH is 1. The van der Waals surface area contributed by atoms with Gasteiger partial charge in [-0.2, -0.15) is 0 Å². The summed E-state index contributed by atoms with van der Waals surface area (Å²) in [5.74, 6) is 0.294. The third kappa shape index (κ3) is 2.02. The van der Waals surface area contributed by atoms with Crippen LogP contribution in [0.5, 0.6) is 5.75 Å². The molecule has 0 bridgehead atoms. The molecular formula is C12H14O4. The summed E-state index contributed by atoms with van der Waals surface area (Å²) in [5.41, 5.74) is 1.75. The summed E-state index contributed by atoms with van der Waals surface area (Å²) in [7, 11) is 1.31. The first kappa shape index (κ1) is 11.0. The number of ether oxygens (including phenoxy) is 2. The van der Waals surface area contributed by atoms with Gasteiger partial charge in [-0.15, -0.1) is 0 Å². The number of fused-ring (bicyclic) bond motifs is 1. The molecule has 0 radical (unpaired) electrons. The van der Waals surface area contributed by atoms with E-state index < -0.39 is 12.1 Å². The Morgan fingerprint density at radius 2 is 2.44 bits per heavy atom. The van der Waals surface area contributed by atoms with Crippen molar-refractivity contribution in [2.75, 3.05) is 13.7 Å². The number of para-hydroxylation sites is 1. The highest BCUT2D eigenvalue weighted by Gasteiger charge is 2.22. The molecule has 1 aromatic carbocycles. The Labute approximate surface area is 93.8 Å². The minimum Gasteiger partial charge on any atom is -0.493 e. The molecule has 0 aliphatic carbocycles. The fourth-order valence-corrected chi connectivity index (χ4v) is 1.85. The zero-order chi connectivity index (χ0) is 11.5. The molecule has 0 unspecified atom stereocenters. The molecule has 0 amide bonds. The molecule has 1 aromatic rings. The molecule has 16 heavy (non-hydrogen) atoms. The van der Waals surface area contributed by atoms with Crippen LogP contribution in [-0.4, -0.2) is 24.8 Å². The molecule has 0 aromatic heterocycles. The Morgan fingerprint density at radius 3 is 3.19 bits per heavy atom. The lowest BCUT2D eigenvalue weighted by Crippen LogP contribution is -2.09. The van der Waals surface area contributed by atoms with Crippen LogP contribution in [0.3, 0.4) is 0 Å². The van der Waals surface area contributed by atoms with Gasteiger partial charge in [0.2, 0.25) is 0 Å². The lowest BCUT2D eigenvalue weighted by atomic mass is 10.0. The van der Waals surface area contributed by atoms with Crippen LogP contribution in [0, 0.1) is 0 Å². The molecule has 1 N–H and O–H groups in total. The van der Waals surface area contributed by atoms with E-state index >= 15 is 0 Å². The van der Waals surface area contributed by atoms with Gasteiger partial charge in [-0.1, -0.05) is 18.2 Å². The maximum absolute atomic E-state index is 11.1. The largest absolute Gasteiger partial charge is 0.493 e. The number of hydrogen-bond donors (Lipinski definition) is 1. The SMILES string of the molecule is COC(=O)C[C@@H](O)c1cccc2c1OCC2. The van der Waals surface area contributed by atoms with Crippen molar-refractivity contribution < 1.29 is 19.4 Å². The number of rotatable bonds is 3. The second-order valence-electron chi connectivity index (χ2n) is 3.73. The molecule has 86 valence electrons. The molecule has 0 fully saturated rings. The van der Waals surface area contributed by atoms with Crippen molar-refractivity contribution in [3.05, 3.63) is 29.3 Å². The fraction of sp³-hybridized carbons (Fsp3) is 0.417. The average Bonchev–Trinajstić information content (AvgIpc) is 2.76. The van der Waals surface area contributed by atoms with Gasteiger partial charge in [0, 0.05) is 12.0 Å². The van der Waals surface area contributed by atoms with E-state index in [0.717, 1.165) is 17.7 Å². The van der Waals surface area contributed by atoms with Gasteiger partial charge in [0.05, 0.1) is 26.2 Å². The predicted molar refractivity (Wildman–Crippen MR) is 57.2 cm³/mol. The molecule has 0 spiro atoms. The molecule has 1 aliphatic heterocycles. The number of aliphatic hydroxyl groups is 1. The van der Waals surface area contributed by atoms with Crippen LogP contribution in [0.2, 0.25) is 0 Å². The Bertz CT molecular complexity index is 400. The normalized spacial score (nSPS) is 15.1. The number of methoxy groups -OCH3 is 1. The third-order valence-corrected chi connectivity index (χ3v) is 2.69. The molecule has 2 rings (SSSR count). The molecule has 4 heteroatoms. The van der Waals surface area contributed by atoms with E-state index in [1.165, 1.54) is 7.11 Å². The minimum atomic E-state index is -0.861. The topological polar surface area (TPSA) is 55.8 Å². The molecule has 1 heterocycles. The number of benzene rings is 1. The Balaban J connectivity index is 2.20. The lowest BCUT2D eigenvalue weighted by Gasteiger charge is -2.13. The van der Waals surface area contributed by atoms with Crippen LogP contribution < -0.4 is 4.74 Å². The van der Waals surface area contributed by atoms with E-state index in [-0.39, 0.29) is 6.42 Å². The van der Waals surface area contributed by atoms with Crippen molar-refractivity contribution in [3.63, 3.8) is 0 Å². The number of carbonyl (C=O) groups excluding carboxylic acids is 1. The summed E-state index contributed by atoms with van der Waals surface area (Å²) >= 11 is 0. The van der Waals surface area contributed by atoms with E-state index in [4.69, 9.17) is 4.74 Å². The zero-order valence-corrected chi connectivity index (χ0v) is 9.10. The number of hydrogen-bond acceptors (Lipinski definition) is 4. The van der Waals surface area contributed by atoms with E-state index in [1.807, 2.05) is 12.1 Å². The highest BCUT2D eigenvalue weighted by atomic mass is 16.5. The van der Waals surface area contributed by atoms with Crippen molar-refractivity contribution in [1.29, 1.82) is 0 Å². The van der Waals surface area contributed by atoms with Gasteiger partial charge in [-0.05, 0) is 5.56 Å². The summed E-state index contributed by atoms with van der Waals surface area (Å²) in [6.07, 6.45) is -0.0507. The molecule has 0 saturated heterocycles. The van der Waals surface area contributed by atoms with Gasteiger partial charge in [0.15, 0.2) is 0 Å². The molecule has 0 saturated carbocycles. The van der Waals surface area contributed by atoms with E-state index in [9.17, 15) is 9.90 Å². The first-order valence-electron chi connectivity index (χ1n) is 5.22. The Morgan fingerprint density at radius 1 is 1.62 bits per heavy atom. The van der Waals surface area contributed by atoms with Crippen molar-refractivity contribution in [3.8, 4) is 5.75 Å². The van der Waals surface area contributed by atoms with Gasteiger partial charge in [0.1, 0.15) is 5.75 Å². The Hall–Kier alpha value is -1.55. The van der Waals surface area contributed by atoms with Crippen molar-refractivity contribution in [2.45, 2.75) is 18.9 Å². The molecule has 4 nitrogen and oxygen atoms in total. The van der Waals surface area contributed by atoms with Crippen LogP contribution in [0.15, 0.2) is 18.2 Å². The smallest absolute Gasteiger partial charge is 0.308 e. The maximum atomic E-state index is 11.1. The van der Waals surface area contributed by atoms with Crippen molar-refractivity contribution in [2.24, 2.45) is 0 Å². The summed E-state index contributed by atoms with van der Waals surface area (Å²) in [5, 5.41) is 9.91. The zero-order valence-electron chi connectivity index (χ0n) is 9.10. The summed E-state index contributed by atoms with van der Waals surface area (Å²) in [6, 6.07) is 5.61. The van der Waals surface area contributed by atoms with E-state index in [2.05, 4.69) is 4.74 Å².